The Morgan fingerprint density at radius 1 is 0.933 bits per heavy atom. The first-order valence-corrected chi connectivity index (χ1v) is 11.3. The number of piperazine rings is 1. The van der Waals surface area contributed by atoms with Crippen molar-refractivity contribution in [2.45, 2.75) is 25.4 Å². The van der Waals surface area contributed by atoms with Gasteiger partial charge in [-0.15, -0.1) is 0 Å². The van der Waals surface area contributed by atoms with Gasteiger partial charge >= 0.3 is 0 Å². The maximum Gasteiger partial charge on any atom is 0.172 e. The zero-order valence-electron chi connectivity index (χ0n) is 16.4. The van der Waals surface area contributed by atoms with Gasteiger partial charge in [0.25, 0.3) is 0 Å². The van der Waals surface area contributed by atoms with Gasteiger partial charge in [-0.3, -0.25) is 4.90 Å². The molecule has 3 aromatic rings. The minimum Gasteiger partial charge on any atom is -0.364 e. The Balaban J connectivity index is 1.33. The van der Waals surface area contributed by atoms with Gasteiger partial charge in [0.1, 0.15) is 0 Å². The third-order valence-electron chi connectivity index (χ3n) is 5.60. The van der Waals surface area contributed by atoms with Gasteiger partial charge in [0.15, 0.2) is 11.6 Å². The van der Waals surface area contributed by atoms with Crippen molar-refractivity contribution in [1.82, 2.24) is 14.9 Å². The number of fused-ring (bicyclic) bond motifs is 1. The molecule has 0 bridgehead atoms. The average Bonchev–Trinajstić information content (AvgIpc) is 3.56. The van der Waals surface area contributed by atoms with Gasteiger partial charge < -0.3 is 10.2 Å². The smallest absolute Gasteiger partial charge is 0.172 e. The van der Waals surface area contributed by atoms with Gasteiger partial charge in [-0.25, -0.2) is 9.97 Å². The van der Waals surface area contributed by atoms with E-state index in [-0.39, 0.29) is 0 Å². The number of benzene rings is 2. The highest BCUT2D eigenvalue weighted by Gasteiger charge is 2.27. The van der Waals surface area contributed by atoms with Gasteiger partial charge in [0.05, 0.1) is 21.1 Å². The predicted octanol–water partition coefficient (Wildman–Crippen LogP) is 5.49. The number of rotatable bonds is 5. The second-order valence-corrected chi connectivity index (χ2v) is 9.15. The second kappa shape index (κ2) is 8.39. The van der Waals surface area contributed by atoms with Crippen molar-refractivity contribution in [3.63, 3.8) is 0 Å². The van der Waals surface area contributed by atoms with E-state index in [1.54, 1.807) is 6.07 Å². The lowest BCUT2D eigenvalue weighted by atomic mass is 10.2. The van der Waals surface area contributed by atoms with Crippen LogP contribution < -0.4 is 10.2 Å². The summed E-state index contributed by atoms with van der Waals surface area (Å²) in [5, 5.41) is 5.26. The lowest BCUT2D eigenvalue weighted by molar-refractivity contribution is 0.249. The molecule has 0 spiro atoms. The molecule has 0 radical (unpaired) electrons. The number of nitrogens with zero attached hydrogens (tertiary/aromatic N) is 4. The molecule has 2 heterocycles. The van der Waals surface area contributed by atoms with Crippen LogP contribution in [-0.2, 0) is 6.54 Å². The largest absolute Gasteiger partial charge is 0.364 e. The topological polar surface area (TPSA) is 44.3 Å². The molecule has 0 amide bonds. The highest BCUT2D eigenvalue weighted by molar-refractivity contribution is 6.43. The Hall–Kier alpha value is -1.79. The van der Waals surface area contributed by atoms with Gasteiger partial charge in [-0.1, -0.05) is 46.9 Å². The molecule has 2 fully saturated rings. The molecular weight excluding hydrogens is 441 g/mol. The standard InChI is InChI=1S/C22H22Cl3N5/c23-15-11-14(20(25)17(24)12-15)13-29-7-9-30(10-8-29)22-21(26-16-5-6-16)27-18-3-1-2-4-19(18)28-22/h1-4,11-12,16H,5-10,13H2,(H,26,27). The maximum atomic E-state index is 6.39. The minimum atomic E-state index is 0.500. The fraction of sp³-hybridized carbons (Fsp3) is 0.364. The van der Waals surface area contributed by atoms with Crippen molar-refractivity contribution in [2.75, 3.05) is 36.4 Å². The summed E-state index contributed by atoms with van der Waals surface area (Å²) in [6.45, 7) is 4.27. The number of anilines is 2. The minimum absolute atomic E-state index is 0.500. The van der Waals surface area contributed by atoms with E-state index in [0.29, 0.717) is 21.1 Å². The highest BCUT2D eigenvalue weighted by Crippen LogP contribution is 2.33. The lowest BCUT2D eigenvalue weighted by Gasteiger charge is -2.36. The fourth-order valence-electron chi connectivity index (χ4n) is 3.81. The van der Waals surface area contributed by atoms with Crippen molar-refractivity contribution in [2.24, 2.45) is 0 Å². The van der Waals surface area contributed by atoms with Crippen LogP contribution in [0.2, 0.25) is 15.1 Å². The van der Waals surface area contributed by atoms with Gasteiger partial charge in [-0.05, 0) is 42.7 Å². The van der Waals surface area contributed by atoms with E-state index < -0.39 is 0 Å². The van der Waals surface area contributed by atoms with Gasteiger partial charge in [-0.2, -0.15) is 0 Å². The van der Waals surface area contributed by atoms with Crippen LogP contribution in [0.3, 0.4) is 0 Å². The van der Waals surface area contributed by atoms with Crippen LogP contribution in [0.15, 0.2) is 36.4 Å². The fourth-order valence-corrected chi connectivity index (χ4v) is 4.52. The maximum absolute atomic E-state index is 6.39. The van der Waals surface area contributed by atoms with Gasteiger partial charge in [0.2, 0.25) is 0 Å². The van der Waals surface area contributed by atoms with Crippen molar-refractivity contribution in [3.05, 3.63) is 57.0 Å². The second-order valence-electron chi connectivity index (χ2n) is 7.93. The molecule has 5 rings (SSSR count). The van der Waals surface area contributed by atoms with E-state index in [4.69, 9.17) is 44.8 Å². The summed E-state index contributed by atoms with van der Waals surface area (Å²) in [5.41, 5.74) is 2.82. The average molecular weight is 463 g/mol. The quantitative estimate of drug-likeness (QED) is 0.508. The van der Waals surface area contributed by atoms with Crippen LogP contribution >= 0.6 is 34.8 Å². The molecular formula is C22H22Cl3N5. The Bertz CT molecular complexity index is 1080. The summed E-state index contributed by atoms with van der Waals surface area (Å²) in [5.74, 6) is 1.85. The van der Waals surface area contributed by atoms with E-state index in [1.165, 1.54) is 12.8 Å². The van der Waals surface area contributed by atoms with Crippen LogP contribution in [0.4, 0.5) is 11.6 Å². The van der Waals surface area contributed by atoms with E-state index in [9.17, 15) is 0 Å². The molecule has 2 aromatic carbocycles. The number of para-hydroxylation sites is 2. The van der Waals surface area contributed by atoms with Crippen LogP contribution in [-0.4, -0.2) is 47.1 Å². The summed E-state index contributed by atoms with van der Waals surface area (Å²) in [6, 6.07) is 12.1. The molecule has 1 N–H and O–H groups in total. The molecule has 1 aromatic heterocycles. The molecule has 156 valence electrons. The normalized spacial score (nSPS) is 17.5. The molecule has 0 unspecified atom stereocenters. The van der Waals surface area contributed by atoms with Crippen LogP contribution in [0.25, 0.3) is 11.0 Å². The van der Waals surface area contributed by atoms with E-state index in [0.717, 1.165) is 61.0 Å². The molecule has 2 aliphatic rings. The summed E-state index contributed by atoms with van der Waals surface area (Å²) in [7, 11) is 0. The monoisotopic (exact) mass is 461 g/mol. The molecule has 1 saturated carbocycles. The van der Waals surface area contributed by atoms with Gasteiger partial charge in [0, 0.05) is 43.8 Å². The first-order valence-electron chi connectivity index (χ1n) is 10.2. The Kier molecular flexibility index (Phi) is 5.63. The predicted molar refractivity (Wildman–Crippen MR) is 125 cm³/mol. The summed E-state index contributed by atoms with van der Waals surface area (Å²) >= 11 is 18.7. The SMILES string of the molecule is Clc1cc(Cl)c(Cl)c(CN2CCN(c3nc4ccccc4nc3NC3CC3)CC2)c1. The van der Waals surface area contributed by atoms with Crippen LogP contribution in [0.5, 0.6) is 0 Å². The lowest BCUT2D eigenvalue weighted by Crippen LogP contribution is -2.46. The first kappa shape index (κ1) is 20.1. The first-order chi connectivity index (χ1) is 14.6. The molecule has 1 aliphatic heterocycles. The molecule has 1 aliphatic carbocycles. The van der Waals surface area contributed by atoms with Crippen molar-refractivity contribution < 1.29 is 0 Å². The third-order valence-corrected chi connectivity index (χ3v) is 6.66. The number of hydrogen-bond acceptors (Lipinski definition) is 5. The Morgan fingerprint density at radius 2 is 1.63 bits per heavy atom. The van der Waals surface area contributed by atoms with Crippen molar-refractivity contribution >= 4 is 57.5 Å². The molecule has 30 heavy (non-hydrogen) atoms. The summed E-state index contributed by atoms with van der Waals surface area (Å²) in [6.07, 6.45) is 2.40. The van der Waals surface area contributed by atoms with E-state index >= 15 is 0 Å². The Labute approximate surface area is 190 Å². The number of aromatic nitrogens is 2. The van der Waals surface area contributed by atoms with E-state index in [1.807, 2.05) is 30.3 Å². The third kappa shape index (κ3) is 4.30. The zero-order chi connectivity index (χ0) is 20.7. The summed E-state index contributed by atoms with van der Waals surface area (Å²) in [4.78, 5) is 14.5. The van der Waals surface area contributed by atoms with Crippen molar-refractivity contribution in [3.8, 4) is 0 Å². The molecule has 0 atom stereocenters. The summed E-state index contributed by atoms with van der Waals surface area (Å²) < 4.78 is 0. The highest BCUT2D eigenvalue weighted by atomic mass is 35.5. The van der Waals surface area contributed by atoms with Crippen LogP contribution in [0, 0.1) is 0 Å². The Morgan fingerprint density at radius 3 is 2.33 bits per heavy atom. The molecule has 5 nitrogen and oxygen atoms in total. The number of nitrogens with one attached hydrogen (secondary N) is 1. The van der Waals surface area contributed by atoms with Crippen molar-refractivity contribution in [1.29, 1.82) is 0 Å². The number of hydrogen-bond donors (Lipinski definition) is 1. The molecule has 1 saturated heterocycles. The zero-order valence-corrected chi connectivity index (χ0v) is 18.7. The number of halogens is 3. The van der Waals surface area contributed by atoms with E-state index in [2.05, 4.69) is 15.1 Å². The van der Waals surface area contributed by atoms with Crippen LogP contribution in [0.1, 0.15) is 18.4 Å². The molecule has 8 heteroatoms.